The average molecular weight is 1030 g/mol. The summed E-state index contributed by atoms with van der Waals surface area (Å²) >= 11 is 0. The van der Waals surface area contributed by atoms with Gasteiger partial charge in [0.2, 0.25) is 0 Å². The van der Waals surface area contributed by atoms with E-state index in [1.165, 1.54) is 122 Å². The van der Waals surface area contributed by atoms with Crippen LogP contribution in [0.3, 0.4) is 0 Å². The van der Waals surface area contributed by atoms with Crippen LogP contribution < -0.4 is 0 Å². The van der Waals surface area contributed by atoms with E-state index in [0.717, 1.165) is 135 Å². The molecule has 0 saturated heterocycles. The van der Waals surface area contributed by atoms with E-state index in [9.17, 15) is 14.4 Å². The summed E-state index contributed by atoms with van der Waals surface area (Å²) < 4.78 is 16.9. The van der Waals surface area contributed by atoms with Crippen LogP contribution in [0.25, 0.3) is 0 Å². The molecule has 0 spiro atoms. The summed E-state index contributed by atoms with van der Waals surface area (Å²) in [6.45, 7) is 6.45. The maximum Gasteiger partial charge on any atom is 0.306 e. The standard InChI is InChI=1S/C68H116O6/c1-4-7-10-13-16-19-22-24-26-28-30-32-33-34-35-37-38-40-42-44-46-49-52-55-58-61-67(70)73-64-65(63-72-66(69)60-57-54-51-48-21-18-15-12-9-6-3)74-68(71)62-59-56-53-50-47-45-43-41-39-36-31-29-27-25-23-20-17-14-11-8-5-2/h8,11-12,15,17,20,22,24-25,27-28,30-31,36,41,43,65H,4-7,9-10,13-14,16,18-19,21,23,26,29,32-35,37-40,42,44-64H2,1-3H3/b11-8-,15-12-,20-17-,24-22-,27-25-,30-28-,36-31-,43-41-. The van der Waals surface area contributed by atoms with Crippen LogP contribution in [0.15, 0.2) is 97.2 Å². The number of allylic oxidation sites excluding steroid dienone is 16. The fourth-order valence-electron chi connectivity index (χ4n) is 8.62. The van der Waals surface area contributed by atoms with Crippen LogP contribution in [0, 0.1) is 0 Å². The van der Waals surface area contributed by atoms with Gasteiger partial charge in [-0.15, -0.1) is 0 Å². The van der Waals surface area contributed by atoms with Crippen LogP contribution in [-0.4, -0.2) is 37.2 Å². The molecule has 0 aliphatic carbocycles. The van der Waals surface area contributed by atoms with Gasteiger partial charge in [-0.2, -0.15) is 0 Å². The largest absolute Gasteiger partial charge is 0.462 e. The average Bonchev–Trinajstić information content (AvgIpc) is 3.40. The SMILES string of the molecule is CC/C=C\C/C=C\C/C=C\C/C=C\C/C=C\CCCCCCCC(=O)OC(COC(=O)CCCCCCC/C=C\CCC)COC(=O)CCCCCCCCCCCCCCC/C=C\C/C=C\CCCCCCC. The van der Waals surface area contributed by atoms with Gasteiger partial charge in [0.15, 0.2) is 6.10 Å². The van der Waals surface area contributed by atoms with Crippen molar-refractivity contribution >= 4 is 17.9 Å². The van der Waals surface area contributed by atoms with Crippen molar-refractivity contribution in [3.63, 3.8) is 0 Å². The van der Waals surface area contributed by atoms with E-state index in [0.29, 0.717) is 19.3 Å². The number of hydrogen-bond acceptors (Lipinski definition) is 6. The molecule has 6 nitrogen and oxygen atoms in total. The van der Waals surface area contributed by atoms with E-state index in [2.05, 4.69) is 118 Å². The molecule has 0 saturated carbocycles. The second kappa shape index (κ2) is 61.9. The molecule has 0 N–H and O–H groups in total. The lowest BCUT2D eigenvalue weighted by Crippen LogP contribution is -2.30. The highest BCUT2D eigenvalue weighted by atomic mass is 16.6. The molecule has 0 amide bonds. The molecule has 0 aromatic rings. The van der Waals surface area contributed by atoms with Crippen LogP contribution in [0.4, 0.5) is 0 Å². The van der Waals surface area contributed by atoms with Crippen LogP contribution in [-0.2, 0) is 28.6 Å². The Bertz CT molecular complexity index is 1460. The summed E-state index contributed by atoms with van der Waals surface area (Å²) in [5.74, 6) is -0.913. The highest BCUT2D eigenvalue weighted by Gasteiger charge is 2.19. The van der Waals surface area contributed by atoms with Crippen molar-refractivity contribution in [2.24, 2.45) is 0 Å². The van der Waals surface area contributed by atoms with Gasteiger partial charge in [-0.25, -0.2) is 0 Å². The maximum atomic E-state index is 12.9. The minimum absolute atomic E-state index is 0.0881. The highest BCUT2D eigenvalue weighted by molar-refractivity contribution is 5.71. The van der Waals surface area contributed by atoms with Crippen LogP contribution in [0.5, 0.6) is 0 Å². The summed E-state index contributed by atoms with van der Waals surface area (Å²) in [6, 6.07) is 0. The molecule has 0 aliphatic heterocycles. The Hall–Kier alpha value is -3.67. The Labute approximate surface area is 457 Å². The Morgan fingerprint density at radius 1 is 0.284 bits per heavy atom. The quantitative estimate of drug-likeness (QED) is 0.0261. The van der Waals surface area contributed by atoms with Gasteiger partial charge >= 0.3 is 17.9 Å². The zero-order chi connectivity index (χ0) is 53.6. The van der Waals surface area contributed by atoms with E-state index < -0.39 is 6.10 Å². The summed E-state index contributed by atoms with van der Waals surface area (Å²) in [5.41, 5.74) is 0. The summed E-state index contributed by atoms with van der Waals surface area (Å²) in [4.78, 5) is 38.2. The lowest BCUT2D eigenvalue weighted by atomic mass is 10.0. The van der Waals surface area contributed by atoms with Crippen molar-refractivity contribution < 1.29 is 28.6 Å². The second-order valence-corrected chi connectivity index (χ2v) is 20.6. The first-order valence-corrected chi connectivity index (χ1v) is 31.2. The van der Waals surface area contributed by atoms with Crippen molar-refractivity contribution in [1.82, 2.24) is 0 Å². The molecular formula is C68H116O6. The minimum Gasteiger partial charge on any atom is -0.462 e. The van der Waals surface area contributed by atoms with Gasteiger partial charge in [-0.1, -0.05) is 259 Å². The predicted molar refractivity (Wildman–Crippen MR) is 320 cm³/mol. The molecule has 74 heavy (non-hydrogen) atoms. The molecule has 0 aliphatic rings. The number of ether oxygens (including phenoxy) is 3. The van der Waals surface area contributed by atoms with E-state index in [1.54, 1.807) is 0 Å². The van der Waals surface area contributed by atoms with Crippen molar-refractivity contribution in [2.75, 3.05) is 13.2 Å². The van der Waals surface area contributed by atoms with Crippen LogP contribution >= 0.6 is 0 Å². The third-order valence-corrected chi connectivity index (χ3v) is 13.3. The number of unbranched alkanes of at least 4 members (excludes halogenated alkanes) is 29. The summed E-state index contributed by atoms with van der Waals surface area (Å²) in [7, 11) is 0. The molecule has 0 radical (unpaired) electrons. The van der Waals surface area contributed by atoms with Gasteiger partial charge in [0.25, 0.3) is 0 Å². The Morgan fingerprint density at radius 2 is 0.554 bits per heavy atom. The zero-order valence-corrected chi connectivity index (χ0v) is 48.6. The van der Waals surface area contributed by atoms with E-state index in [1.807, 2.05) is 0 Å². The van der Waals surface area contributed by atoms with E-state index in [4.69, 9.17) is 14.2 Å². The molecule has 6 heteroatoms. The Morgan fingerprint density at radius 3 is 0.892 bits per heavy atom. The predicted octanol–water partition coefficient (Wildman–Crippen LogP) is 21.3. The first-order valence-electron chi connectivity index (χ1n) is 31.2. The molecule has 0 aromatic heterocycles. The minimum atomic E-state index is -0.792. The van der Waals surface area contributed by atoms with Crippen molar-refractivity contribution in [3.05, 3.63) is 97.2 Å². The molecule has 0 aromatic carbocycles. The van der Waals surface area contributed by atoms with Crippen LogP contribution in [0.2, 0.25) is 0 Å². The van der Waals surface area contributed by atoms with Gasteiger partial charge in [-0.3, -0.25) is 14.4 Å². The van der Waals surface area contributed by atoms with Crippen molar-refractivity contribution in [2.45, 2.75) is 303 Å². The molecular weight excluding hydrogens is 913 g/mol. The fraction of sp³-hybridized carbons (Fsp3) is 0.721. The van der Waals surface area contributed by atoms with Gasteiger partial charge < -0.3 is 14.2 Å². The summed E-state index contributed by atoms with van der Waals surface area (Å²) in [5, 5.41) is 0. The zero-order valence-electron chi connectivity index (χ0n) is 48.6. The molecule has 0 bridgehead atoms. The van der Waals surface area contributed by atoms with Gasteiger partial charge in [0.1, 0.15) is 13.2 Å². The van der Waals surface area contributed by atoms with Crippen molar-refractivity contribution in [1.29, 1.82) is 0 Å². The van der Waals surface area contributed by atoms with Crippen molar-refractivity contribution in [3.8, 4) is 0 Å². The molecule has 1 unspecified atom stereocenters. The van der Waals surface area contributed by atoms with Gasteiger partial charge in [0, 0.05) is 19.3 Å². The fourth-order valence-corrected chi connectivity index (χ4v) is 8.62. The normalized spacial score (nSPS) is 12.7. The van der Waals surface area contributed by atoms with E-state index >= 15 is 0 Å². The molecule has 1 atom stereocenters. The topological polar surface area (TPSA) is 78.9 Å². The number of esters is 3. The Balaban J connectivity index is 4.28. The van der Waals surface area contributed by atoms with Crippen LogP contribution in [0.1, 0.15) is 297 Å². The molecule has 0 heterocycles. The monoisotopic (exact) mass is 1030 g/mol. The lowest BCUT2D eigenvalue weighted by molar-refractivity contribution is -0.167. The third kappa shape index (κ3) is 59.2. The number of carbonyl (C=O) groups excluding carboxylic acids is 3. The number of rotatable bonds is 56. The number of hydrogen-bond donors (Lipinski definition) is 0. The smallest absolute Gasteiger partial charge is 0.306 e. The second-order valence-electron chi connectivity index (χ2n) is 20.6. The third-order valence-electron chi connectivity index (χ3n) is 13.3. The van der Waals surface area contributed by atoms with E-state index in [-0.39, 0.29) is 31.1 Å². The molecule has 0 rings (SSSR count). The molecule has 0 fully saturated rings. The summed E-state index contributed by atoms with van der Waals surface area (Å²) in [6.07, 6.45) is 82.7. The lowest BCUT2D eigenvalue weighted by Gasteiger charge is -2.18. The first-order chi connectivity index (χ1) is 36.5. The van der Waals surface area contributed by atoms with Gasteiger partial charge in [-0.05, 0) is 116 Å². The first kappa shape index (κ1) is 70.3. The maximum absolute atomic E-state index is 12.9. The van der Waals surface area contributed by atoms with Gasteiger partial charge in [0.05, 0.1) is 0 Å². The Kier molecular flexibility index (Phi) is 58.8. The highest BCUT2D eigenvalue weighted by Crippen LogP contribution is 2.16. The number of carbonyl (C=O) groups is 3. The molecule has 424 valence electrons.